The number of rotatable bonds is 2. The van der Waals surface area contributed by atoms with Crippen molar-refractivity contribution in [2.45, 2.75) is 63.9 Å². The Morgan fingerprint density at radius 3 is 2.67 bits per heavy atom. The summed E-state index contributed by atoms with van der Waals surface area (Å²) in [5.74, 6) is 0. The highest BCUT2D eigenvalue weighted by atomic mass is 32.1. The highest BCUT2D eigenvalue weighted by Crippen LogP contribution is 2.37. The molecule has 0 amide bonds. The first-order chi connectivity index (χ1) is 8.84. The molecule has 0 fully saturated rings. The lowest BCUT2D eigenvalue weighted by atomic mass is 9.94. The molecule has 1 aromatic heterocycles. The minimum Gasteiger partial charge on any atom is -0.383 e. The average molecular weight is 262 g/mol. The van der Waals surface area contributed by atoms with Crippen LogP contribution < -0.4 is 0 Å². The summed E-state index contributed by atoms with van der Waals surface area (Å²) in [6.07, 6.45) is 13.2. The van der Waals surface area contributed by atoms with Crippen LogP contribution in [0.1, 0.15) is 66.4 Å². The van der Waals surface area contributed by atoms with E-state index in [0.717, 1.165) is 12.8 Å². The zero-order valence-corrected chi connectivity index (χ0v) is 11.8. The molecule has 1 heterocycles. The molecule has 2 aliphatic carbocycles. The molecule has 2 heteroatoms. The van der Waals surface area contributed by atoms with Crippen LogP contribution in [0.25, 0.3) is 0 Å². The lowest BCUT2D eigenvalue weighted by molar-refractivity contribution is 0.212. The summed E-state index contributed by atoms with van der Waals surface area (Å²) in [4.78, 5) is 2.73. The summed E-state index contributed by atoms with van der Waals surface area (Å²) in [5, 5.41) is 10.5. The van der Waals surface area contributed by atoms with Gasteiger partial charge in [0.2, 0.25) is 0 Å². The Morgan fingerprint density at radius 2 is 1.83 bits per heavy atom. The van der Waals surface area contributed by atoms with Gasteiger partial charge in [-0.25, -0.2) is 0 Å². The van der Waals surface area contributed by atoms with E-state index < -0.39 is 0 Å². The quantitative estimate of drug-likeness (QED) is 0.612. The van der Waals surface area contributed by atoms with Gasteiger partial charge in [0.15, 0.2) is 0 Å². The number of aliphatic hydroxyl groups is 1. The monoisotopic (exact) mass is 262 g/mol. The van der Waals surface area contributed by atoms with Gasteiger partial charge in [-0.05, 0) is 68.6 Å². The number of allylic oxidation sites excluding steroid dienone is 1. The van der Waals surface area contributed by atoms with Gasteiger partial charge in [0, 0.05) is 9.75 Å². The summed E-state index contributed by atoms with van der Waals surface area (Å²) in [5.41, 5.74) is 2.78. The lowest BCUT2D eigenvalue weighted by Gasteiger charge is -2.17. The molecule has 0 bridgehead atoms. The van der Waals surface area contributed by atoms with Gasteiger partial charge in [-0.15, -0.1) is 11.3 Å². The fourth-order valence-electron chi connectivity index (χ4n) is 3.12. The van der Waals surface area contributed by atoms with Crippen LogP contribution in [0.5, 0.6) is 0 Å². The number of hydrogen-bond acceptors (Lipinski definition) is 2. The molecule has 0 aromatic carbocycles. The number of aliphatic hydroxyl groups excluding tert-OH is 1. The summed E-state index contributed by atoms with van der Waals surface area (Å²) >= 11 is 1.86. The topological polar surface area (TPSA) is 20.2 Å². The summed E-state index contributed by atoms with van der Waals surface area (Å²) in [6.45, 7) is 0. The molecular formula is C16H22OS. The molecule has 0 saturated heterocycles. The van der Waals surface area contributed by atoms with Crippen LogP contribution in [0, 0.1) is 0 Å². The van der Waals surface area contributed by atoms with Gasteiger partial charge in [0.1, 0.15) is 6.10 Å². The highest BCUT2D eigenvalue weighted by Gasteiger charge is 2.20. The average Bonchev–Trinajstić information content (AvgIpc) is 2.70. The van der Waals surface area contributed by atoms with E-state index >= 15 is 0 Å². The molecule has 1 atom stereocenters. The van der Waals surface area contributed by atoms with Crippen molar-refractivity contribution in [2.24, 2.45) is 0 Å². The molecule has 0 spiro atoms. The van der Waals surface area contributed by atoms with E-state index in [1.807, 2.05) is 11.3 Å². The van der Waals surface area contributed by atoms with Gasteiger partial charge in [-0.3, -0.25) is 0 Å². The van der Waals surface area contributed by atoms with Crippen molar-refractivity contribution in [3.63, 3.8) is 0 Å². The van der Waals surface area contributed by atoms with Crippen LogP contribution >= 0.6 is 11.3 Å². The highest BCUT2D eigenvalue weighted by molar-refractivity contribution is 7.12. The summed E-state index contributed by atoms with van der Waals surface area (Å²) in [6, 6.07) is 2.28. The maximum Gasteiger partial charge on any atom is 0.109 e. The van der Waals surface area contributed by atoms with E-state index in [1.54, 1.807) is 0 Å². The predicted molar refractivity (Wildman–Crippen MR) is 77.1 cm³/mol. The molecule has 0 aliphatic heterocycles. The standard InChI is InChI=1S/C16H22OS/c17-16(12-7-3-1-4-8-12)15-11-13-9-5-2-6-10-14(13)18-15/h7,11,16-17H,1-6,8-10H2. The first kappa shape index (κ1) is 12.4. The molecule has 1 aromatic rings. The minimum absolute atomic E-state index is 0.317. The van der Waals surface area contributed by atoms with E-state index in [4.69, 9.17) is 0 Å². The molecular weight excluding hydrogens is 240 g/mol. The van der Waals surface area contributed by atoms with Crippen molar-refractivity contribution >= 4 is 11.3 Å². The molecule has 18 heavy (non-hydrogen) atoms. The van der Waals surface area contributed by atoms with Crippen molar-refractivity contribution in [1.29, 1.82) is 0 Å². The van der Waals surface area contributed by atoms with Crippen LogP contribution in [0.15, 0.2) is 17.7 Å². The van der Waals surface area contributed by atoms with E-state index in [-0.39, 0.29) is 6.10 Å². The molecule has 1 nitrogen and oxygen atoms in total. The summed E-state index contributed by atoms with van der Waals surface area (Å²) < 4.78 is 0. The Bertz CT molecular complexity index is 420. The molecule has 2 aliphatic rings. The SMILES string of the molecule is OC(C1=CCCCC1)c1cc2c(s1)CCCCC2. The molecule has 3 rings (SSSR count). The smallest absolute Gasteiger partial charge is 0.109 e. The zero-order chi connectivity index (χ0) is 12.4. The van der Waals surface area contributed by atoms with Gasteiger partial charge in [-0.1, -0.05) is 12.5 Å². The van der Waals surface area contributed by atoms with Crippen molar-refractivity contribution in [1.82, 2.24) is 0 Å². The molecule has 98 valence electrons. The first-order valence-electron chi connectivity index (χ1n) is 7.33. The fourth-order valence-corrected chi connectivity index (χ4v) is 4.41. The molecule has 1 unspecified atom stereocenters. The predicted octanol–water partition coefficient (Wildman–Crippen LogP) is 4.55. The van der Waals surface area contributed by atoms with Crippen LogP contribution in [0.4, 0.5) is 0 Å². The Hall–Kier alpha value is -0.600. The maximum absolute atomic E-state index is 10.5. The Balaban J connectivity index is 1.81. The van der Waals surface area contributed by atoms with Gasteiger partial charge < -0.3 is 5.11 Å². The van der Waals surface area contributed by atoms with Crippen molar-refractivity contribution < 1.29 is 5.11 Å². The van der Waals surface area contributed by atoms with Crippen LogP contribution in [0.3, 0.4) is 0 Å². The third-order valence-electron chi connectivity index (χ3n) is 4.21. The minimum atomic E-state index is -0.317. The second kappa shape index (κ2) is 5.58. The van der Waals surface area contributed by atoms with Crippen LogP contribution in [-0.4, -0.2) is 5.11 Å². The fraction of sp³-hybridized carbons (Fsp3) is 0.625. The van der Waals surface area contributed by atoms with E-state index in [2.05, 4.69) is 12.1 Å². The van der Waals surface area contributed by atoms with Crippen molar-refractivity contribution in [3.8, 4) is 0 Å². The second-order valence-corrected chi connectivity index (χ2v) is 6.75. The van der Waals surface area contributed by atoms with Gasteiger partial charge >= 0.3 is 0 Å². The number of aryl methyl sites for hydroxylation is 2. The van der Waals surface area contributed by atoms with Crippen LogP contribution in [-0.2, 0) is 12.8 Å². The zero-order valence-electron chi connectivity index (χ0n) is 11.0. The van der Waals surface area contributed by atoms with Crippen molar-refractivity contribution in [3.05, 3.63) is 33.0 Å². The molecule has 0 radical (unpaired) electrons. The third kappa shape index (κ3) is 2.55. The van der Waals surface area contributed by atoms with Crippen molar-refractivity contribution in [2.75, 3.05) is 0 Å². The number of hydrogen-bond donors (Lipinski definition) is 1. The van der Waals surface area contributed by atoms with E-state index in [0.29, 0.717) is 0 Å². The Labute approximate surface area is 114 Å². The number of thiophene rings is 1. The summed E-state index contributed by atoms with van der Waals surface area (Å²) in [7, 11) is 0. The van der Waals surface area contributed by atoms with Gasteiger partial charge in [0.05, 0.1) is 0 Å². The first-order valence-corrected chi connectivity index (χ1v) is 8.15. The number of fused-ring (bicyclic) bond motifs is 1. The van der Waals surface area contributed by atoms with Gasteiger partial charge in [0.25, 0.3) is 0 Å². The molecule has 0 saturated carbocycles. The van der Waals surface area contributed by atoms with Crippen LogP contribution in [0.2, 0.25) is 0 Å². The second-order valence-electron chi connectivity index (χ2n) is 5.59. The van der Waals surface area contributed by atoms with E-state index in [9.17, 15) is 5.11 Å². The molecule has 1 N–H and O–H groups in total. The van der Waals surface area contributed by atoms with Gasteiger partial charge in [-0.2, -0.15) is 0 Å². The lowest BCUT2D eigenvalue weighted by Crippen LogP contribution is -2.03. The Morgan fingerprint density at radius 1 is 1.00 bits per heavy atom. The Kier molecular flexibility index (Phi) is 3.86. The normalized spacial score (nSPS) is 21.9. The third-order valence-corrected chi connectivity index (χ3v) is 5.50. The largest absolute Gasteiger partial charge is 0.383 e. The maximum atomic E-state index is 10.5. The van der Waals surface area contributed by atoms with E-state index in [1.165, 1.54) is 65.8 Å².